The zero-order valence-corrected chi connectivity index (χ0v) is 35.5. The molecular formula is C50H87NO3. The predicted molar refractivity (Wildman–Crippen MR) is 239 cm³/mol. The fourth-order valence-electron chi connectivity index (χ4n) is 6.42. The number of carbonyl (C=O) groups is 1. The van der Waals surface area contributed by atoms with Gasteiger partial charge in [0.2, 0.25) is 5.91 Å². The molecule has 0 rings (SSSR count). The van der Waals surface area contributed by atoms with Crippen molar-refractivity contribution in [3.05, 3.63) is 85.1 Å². The third kappa shape index (κ3) is 40.7. The van der Waals surface area contributed by atoms with Gasteiger partial charge in [-0.15, -0.1) is 0 Å². The molecule has 0 aromatic carbocycles. The number of nitrogens with one attached hydrogen (secondary N) is 1. The highest BCUT2D eigenvalue weighted by Gasteiger charge is 2.17. The maximum Gasteiger partial charge on any atom is 0.220 e. The quantitative estimate of drug-likeness (QED) is 0.0431. The number of aliphatic hydroxyl groups is 2. The standard InChI is InChI=1S/C50H87NO3/c1-3-5-7-9-11-13-15-17-19-21-23-25-27-29-31-33-35-37-39-41-43-45-49(53)48(47-52)51-50(54)46-44-42-40-38-36-34-32-30-28-26-24-22-20-18-16-14-12-10-8-6-4-2/h6,8,12,14,18,20,24,26,30,32,36,38,43,45,48-49,52-53H,3-5,7,9-11,13,15-17,19,21-23,25,27-29,31,33-35,37,39-42,44,46-47H2,1-2H3,(H,51,54)/b8-6-,14-12-,20-18-,26-24-,32-30-,38-36-,45-43+. The van der Waals surface area contributed by atoms with Gasteiger partial charge >= 0.3 is 0 Å². The Morgan fingerprint density at radius 1 is 0.463 bits per heavy atom. The first-order valence-electron chi connectivity index (χ1n) is 22.8. The Morgan fingerprint density at radius 3 is 1.22 bits per heavy atom. The van der Waals surface area contributed by atoms with Crippen LogP contribution in [0.1, 0.15) is 206 Å². The van der Waals surface area contributed by atoms with Gasteiger partial charge in [-0.3, -0.25) is 4.79 Å². The molecule has 2 atom stereocenters. The van der Waals surface area contributed by atoms with Crippen LogP contribution in [0.2, 0.25) is 0 Å². The van der Waals surface area contributed by atoms with Gasteiger partial charge < -0.3 is 15.5 Å². The topological polar surface area (TPSA) is 69.6 Å². The normalized spacial score (nSPS) is 13.8. The summed E-state index contributed by atoms with van der Waals surface area (Å²) in [6.07, 6.45) is 65.5. The molecule has 0 bridgehead atoms. The largest absolute Gasteiger partial charge is 0.394 e. The maximum absolute atomic E-state index is 12.4. The lowest BCUT2D eigenvalue weighted by Crippen LogP contribution is -2.45. The minimum absolute atomic E-state index is 0.108. The molecule has 2 unspecified atom stereocenters. The molecule has 0 saturated heterocycles. The van der Waals surface area contributed by atoms with Crippen LogP contribution >= 0.6 is 0 Å². The Labute approximate surface area is 335 Å². The summed E-state index contributed by atoms with van der Waals surface area (Å²) in [6, 6.07) is -0.651. The van der Waals surface area contributed by atoms with E-state index in [4.69, 9.17) is 0 Å². The van der Waals surface area contributed by atoms with Crippen molar-refractivity contribution in [1.82, 2.24) is 5.32 Å². The number of hydrogen-bond acceptors (Lipinski definition) is 3. The van der Waals surface area contributed by atoms with E-state index in [0.29, 0.717) is 6.42 Å². The number of allylic oxidation sites excluding steroid dienone is 13. The lowest BCUT2D eigenvalue weighted by atomic mass is 10.0. The third-order valence-electron chi connectivity index (χ3n) is 9.88. The lowest BCUT2D eigenvalue weighted by Gasteiger charge is -2.19. The van der Waals surface area contributed by atoms with Crippen molar-refractivity contribution in [2.24, 2.45) is 0 Å². The number of amides is 1. The zero-order chi connectivity index (χ0) is 39.3. The molecule has 0 aliphatic heterocycles. The van der Waals surface area contributed by atoms with Gasteiger partial charge in [0.1, 0.15) is 0 Å². The first-order valence-corrected chi connectivity index (χ1v) is 22.8. The monoisotopic (exact) mass is 750 g/mol. The van der Waals surface area contributed by atoms with Crippen LogP contribution in [0.15, 0.2) is 85.1 Å². The fraction of sp³-hybridized carbons (Fsp3) is 0.700. The van der Waals surface area contributed by atoms with E-state index < -0.39 is 12.1 Å². The van der Waals surface area contributed by atoms with E-state index >= 15 is 0 Å². The first kappa shape index (κ1) is 51.6. The molecule has 0 aliphatic rings. The minimum atomic E-state index is -0.863. The molecule has 0 aromatic rings. The second kappa shape index (κ2) is 45.0. The molecule has 4 heteroatoms. The van der Waals surface area contributed by atoms with Crippen molar-refractivity contribution in [3.63, 3.8) is 0 Å². The summed E-state index contributed by atoms with van der Waals surface area (Å²) >= 11 is 0. The van der Waals surface area contributed by atoms with E-state index in [1.54, 1.807) is 6.08 Å². The van der Waals surface area contributed by atoms with Gasteiger partial charge in [-0.05, 0) is 70.6 Å². The minimum Gasteiger partial charge on any atom is -0.394 e. The van der Waals surface area contributed by atoms with Gasteiger partial charge in [0.05, 0.1) is 18.8 Å². The van der Waals surface area contributed by atoms with Crippen LogP contribution in [0.5, 0.6) is 0 Å². The summed E-state index contributed by atoms with van der Waals surface area (Å²) in [4.78, 5) is 12.4. The van der Waals surface area contributed by atoms with Gasteiger partial charge in [0.15, 0.2) is 0 Å². The lowest BCUT2D eigenvalue weighted by molar-refractivity contribution is -0.123. The van der Waals surface area contributed by atoms with Crippen LogP contribution in [0.25, 0.3) is 0 Å². The molecule has 0 aromatic heterocycles. The van der Waals surface area contributed by atoms with E-state index in [2.05, 4.69) is 92.1 Å². The first-order chi connectivity index (χ1) is 26.7. The van der Waals surface area contributed by atoms with Gasteiger partial charge in [-0.2, -0.15) is 0 Å². The average Bonchev–Trinajstić information content (AvgIpc) is 3.18. The van der Waals surface area contributed by atoms with E-state index in [0.717, 1.165) is 70.6 Å². The second-order valence-corrected chi connectivity index (χ2v) is 15.1. The summed E-state index contributed by atoms with van der Waals surface area (Å²) in [5, 5.41) is 23.0. The number of rotatable bonds is 40. The SMILES string of the molecule is CC/C=C\C/C=C\C/C=C\C/C=C\C/C=C\C/C=C\CCCCC(=O)NC(CO)C(O)/C=C/CCCCCCCCCCCCCCCCCCCCC. The Balaban J connectivity index is 3.68. The molecular weight excluding hydrogens is 663 g/mol. The van der Waals surface area contributed by atoms with E-state index in [1.807, 2.05) is 6.08 Å². The second-order valence-electron chi connectivity index (χ2n) is 15.1. The smallest absolute Gasteiger partial charge is 0.220 e. The molecule has 0 saturated carbocycles. The van der Waals surface area contributed by atoms with Crippen LogP contribution < -0.4 is 5.32 Å². The van der Waals surface area contributed by atoms with Gasteiger partial charge in [0, 0.05) is 6.42 Å². The molecule has 1 amide bonds. The number of carbonyl (C=O) groups excluding carboxylic acids is 1. The summed E-state index contributed by atoms with van der Waals surface area (Å²) in [5.74, 6) is -0.108. The molecule has 0 radical (unpaired) electrons. The number of hydrogen-bond donors (Lipinski definition) is 3. The third-order valence-corrected chi connectivity index (χ3v) is 9.88. The molecule has 0 heterocycles. The highest BCUT2D eigenvalue weighted by Crippen LogP contribution is 2.15. The predicted octanol–water partition coefficient (Wildman–Crippen LogP) is 14.5. The van der Waals surface area contributed by atoms with Gasteiger partial charge in [0.25, 0.3) is 0 Å². The van der Waals surface area contributed by atoms with Crippen molar-refractivity contribution in [2.45, 2.75) is 219 Å². The summed E-state index contributed by atoms with van der Waals surface area (Å²) in [6.45, 7) is 4.18. The van der Waals surface area contributed by atoms with Crippen molar-refractivity contribution >= 4 is 5.91 Å². The molecule has 0 aliphatic carbocycles. The summed E-state index contributed by atoms with van der Waals surface area (Å²) in [5.41, 5.74) is 0. The van der Waals surface area contributed by atoms with Crippen molar-refractivity contribution in [3.8, 4) is 0 Å². The summed E-state index contributed by atoms with van der Waals surface area (Å²) in [7, 11) is 0. The molecule has 3 N–H and O–H groups in total. The van der Waals surface area contributed by atoms with Crippen LogP contribution in [-0.2, 0) is 4.79 Å². The Hall–Kier alpha value is -2.43. The van der Waals surface area contributed by atoms with E-state index in [1.165, 1.54) is 116 Å². The number of unbranched alkanes of at least 4 members (excludes halogenated alkanes) is 21. The van der Waals surface area contributed by atoms with Crippen molar-refractivity contribution in [1.29, 1.82) is 0 Å². The zero-order valence-electron chi connectivity index (χ0n) is 35.5. The maximum atomic E-state index is 12.4. The highest BCUT2D eigenvalue weighted by atomic mass is 16.3. The molecule has 54 heavy (non-hydrogen) atoms. The van der Waals surface area contributed by atoms with Gasteiger partial charge in [-0.1, -0.05) is 214 Å². The number of aliphatic hydroxyl groups excluding tert-OH is 2. The Kier molecular flexibility index (Phi) is 42.9. The van der Waals surface area contributed by atoms with E-state index in [-0.39, 0.29) is 12.5 Å². The fourth-order valence-corrected chi connectivity index (χ4v) is 6.42. The van der Waals surface area contributed by atoms with E-state index in [9.17, 15) is 15.0 Å². The molecule has 4 nitrogen and oxygen atoms in total. The molecule has 310 valence electrons. The highest BCUT2D eigenvalue weighted by molar-refractivity contribution is 5.76. The van der Waals surface area contributed by atoms with Crippen molar-refractivity contribution < 1.29 is 15.0 Å². The van der Waals surface area contributed by atoms with Crippen LogP contribution in [0.3, 0.4) is 0 Å². The Bertz CT molecular complexity index is 988. The van der Waals surface area contributed by atoms with Crippen LogP contribution in [0, 0.1) is 0 Å². The van der Waals surface area contributed by atoms with Gasteiger partial charge in [-0.25, -0.2) is 0 Å². The van der Waals surface area contributed by atoms with Crippen LogP contribution in [0.4, 0.5) is 0 Å². The molecule has 0 fully saturated rings. The molecule has 0 spiro atoms. The Morgan fingerprint density at radius 2 is 0.815 bits per heavy atom. The summed E-state index contributed by atoms with van der Waals surface area (Å²) < 4.78 is 0. The average molecular weight is 750 g/mol. The van der Waals surface area contributed by atoms with Crippen LogP contribution in [-0.4, -0.2) is 34.9 Å². The van der Waals surface area contributed by atoms with Crippen molar-refractivity contribution in [2.75, 3.05) is 6.61 Å².